The van der Waals surface area contributed by atoms with Gasteiger partial charge in [0.15, 0.2) is 11.5 Å². The zero-order valence-electron chi connectivity index (χ0n) is 20.4. The van der Waals surface area contributed by atoms with Crippen molar-refractivity contribution in [2.24, 2.45) is 0 Å². The monoisotopic (exact) mass is 480 g/mol. The summed E-state index contributed by atoms with van der Waals surface area (Å²) in [6, 6.07) is 9.53. The van der Waals surface area contributed by atoms with Crippen LogP contribution in [0.5, 0.6) is 17.2 Å². The van der Waals surface area contributed by atoms with Crippen LogP contribution in [0, 0.1) is 0 Å². The number of nitrogens with one attached hydrogen (secondary N) is 1. The summed E-state index contributed by atoms with van der Waals surface area (Å²) in [6.07, 6.45) is 4.38. The zero-order chi connectivity index (χ0) is 24.6. The normalized spacial score (nSPS) is 14.0. The molecule has 2 aromatic heterocycles. The summed E-state index contributed by atoms with van der Waals surface area (Å²) in [4.78, 5) is 18.4. The molecule has 1 aromatic carbocycles. The van der Waals surface area contributed by atoms with Crippen LogP contribution in [-0.2, 0) is 0 Å². The lowest BCUT2D eigenvalue weighted by molar-refractivity contribution is 0.215. The van der Waals surface area contributed by atoms with Gasteiger partial charge in [0, 0.05) is 75.1 Å². The van der Waals surface area contributed by atoms with Crippen molar-refractivity contribution in [3.05, 3.63) is 42.7 Å². The van der Waals surface area contributed by atoms with Gasteiger partial charge in [0.05, 0.1) is 27.0 Å². The lowest BCUT2D eigenvalue weighted by Crippen LogP contribution is -2.47. The number of rotatable bonds is 10. The maximum atomic E-state index is 9.03. The van der Waals surface area contributed by atoms with Crippen LogP contribution in [0.1, 0.15) is 6.42 Å². The fourth-order valence-electron chi connectivity index (χ4n) is 4.08. The largest absolute Gasteiger partial charge is 0.493 e. The van der Waals surface area contributed by atoms with Gasteiger partial charge in [-0.1, -0.05) is 0 Å². The topological polar surface area (TPSA) is 105 Å². The first kappa shape index (κ1) is 24.5. The highest BCUT2D eigenvalue weighted by molar-refractivity contribution is 5.67. The third-order valence-corrected chi connectivity index (χ3v) is 5.95. The molecule has 2 N–H and O–H groups in total. The molecule has 186 valence electrons. The van der Waals surface area contributed by atoms with Crippen LogP contribution in [0.4, 0.5) is 17.5 Å². The van der Waals surface area contributed by atoms with E-state index in [0.717, 1.165) is 56.2 Å². The van der Waals surface area contributed by atoms with Crippen molar-refractivity contribution in [1.29, 1.82) is 0 Å². The van der Waals surface area contributed by atoms with Crippen molar-refractivity contribution in [2.75, 3.05) is 70.9 Å². The molecule has 0 unspecified atom stereocenters. The number of hydrogen-bond acceptors (Lipinski definition) is 10. The first-order valence-corrected chi connectivity index (χ1v) is 11.6. The number of methoxy groups -OCH3 is 3. The minimum Gasteiger partial charge on any atom is -0.493 e. The summed E-state index contributed by atoms with van der Waals surface area (Å²) in [5, 5.41) is 12.2. The van der Waals surface area contributed by atoms with Gasteiger partial charge in [0.1, 0.15) is 5.82 Å². The summed E-state index contributed by atoms with van der Waals surface area (Å²) in [5.74, 6) is 3.01. The van der Waals surface area contributed by atoms with Crippen LogP contribution in [0.25, 0.3) is 11.3 Å². The highest BCUT2D eigenvalue weighted by Crippen LogP contribution is 2.40. The van der Waals surface area contributed by atoms with Crippen molar-refractivity contribution in [3.8, 4) is 28.5 Å². The van der Waals surface area contributed by atoms with E-state index in [1.165, 1.54) is 0 Å². The molecule has 1 fully saturated rings. The van der Waals surface area contributed by atoms with Gasteiger partial charge in [-0.05, 0) is 24.6 Å². The zero-order valence-corrected chi connectivity index (χ0v) is 20.4. The molecule has 10 heteroatoms. The number of aliphatic hydroxyl groups is 1. The van der Waals surface area contributed by atoms with E-state index in [1.807, 2.05) is 24.4 Å². The van der Waals surface area contributed by atoms with E-state index in [-0.39, 0.29) is 6.61 Å². The number of ether oxygens (including phenoxy) is 3. The highest BCUT2D eigenvalue weighted by Gasteiger charge is 2.18. The maximum absolute atomic E-state index is 9.03. The Morgan fingerprint density at radius 3 is 2.29 bits per heavy atom. The van der Waals surface area contributed by atoms with E-state index in [1.54, 1.807) is 39.7 Å². The van der Waals surface area contributed by atoms with Gasteiger partial charge in [0.2, 0.25) is 11.7 Å². The van der Waals surface area contributed by atoms with E-state index >= 15 is 0 Å². The van der Waals surface area contributed by atoms with Gasteiger partial charge in [-0.3, -0.25) is 4.90 Å². The fourth-order valence-corrected chi connectivity index (χ4v) is 4.08. The minimum absolute atomic E-state index is 0.242. The molecular formula is C25H32N6O4. The van der Waals surface area contributed by atoms with Gasteiger partial charge in [0.25, 0.3) is 0 Å². The molecule has 10 nitrogen and oxygen atoms in total. The lowest BCUT2D eigenvalue weighted by atomic mass is 10.2. The van der Waals surface area contributed by atoms with Crippen molar-refractivity contribution in [3.63, 3.8) is 0 Å². The number of aromatic nitrogens is 3. The second-order valence-corrected chi connectivity index (χ2v) is 8.12. The highest BCUT2D eigenvalue weighted by atomic mass is 16.5. The second-order valence-electron chi connectivity index (χ2n) is 8.12. The Morgan fingerprint density at radius 1 is 0.943 bits per heavy atom. The smallest absolute Gasteiger partial charge is 0.227 e. The summed E-state index contributed by atoms with van der Waals surface area (Å²) in [6.45, 7) is 4.99. The van der Waals surface area contributed by atoms with Gasteiger partial charge >= 0.3 is 0 Å². The molecule has 0 amide bonds. The van der Waals surface area contributed by atoms with Crippen LogP contribution >= 0.6 is 0 Å². The Bertz CT molecular complexity index is 1080. The molecule has 0 aliphatic carbocycles. The number of anilines is 3. The Labute approximate surface area is 205 Å². The molecule has 0 saturated carbocycles. The van der Waals surface area contributed by atoms with Crippen LogP contribution in [0.15, 0.2) is 42.7 Å². The Kier molecular flexibility index (Phi) is 8.17. The van der Waals surface area contributed by atoms with E-state index in [9.17, 15) is 0 Å². The molecular weight excluding hydrogens is 448 g/mol. The molecule has 0 atom stereocenters. The number of benzene rings is 1. The van der Waals surface area contributed by atoms with Crippen LogP contribution in [0.3, 0.4) is 0 Å². The van der Waals surface area contributed by atoms with E-state index < -0.39 is 0 Å². The van der Waals surface area contributed by atoms with Crippen LogP contribution in [-0.4, -0.2) is 85.6 Å². The van der Waals surface area contributed by atoms with E-state index in [2.05, 4.69) is 30.1 Å². The molecule has 4 rings (SSSR count). The third kappa shape index (κ3) is 5.90. The average molecular weight is 481 g/mol. The second kappa shape index (κ2) is 11.7. The first-order chi connectivity index (χ1) is 17.1. The number of piperazine rings is 1. The average Bonchev–Trinajstić information content (AvgIpc) is 2.92. The number of aliphatic hydroxyl groups excluding tert-OH is 1. The molecule has 0 bridgehead atoms. The molecule has 3 heterocycles. The summed E-state index contributed by atoms with van der Waals surface area (Å²) < 4.78 is 16.2. The lowest BCUT2D eigenvalue weighted by Gasteiger charge is -2.35. The van der Waals surface area contributed by atoms with Crippen molar-refractivity contribution in [2.45, 2.75) is 6.42 Å². The van der Waals surface area contributed by atoms with Crippen molar-refractivity contribution in [1.82, 2.24) is 19.9 Å². The minimum atomic E-state index is 0.242. The van der Waals surface area contributed by atoms with Gasteiger partial charge in [-0.25, -0.2) is 15.0 Å². The Hall–Kier alpha value is -3.63. The van der Waals surface area contributed by atoms with Crippen LogP contribution in [0.2, 0.25) is 0 Å². The maximum Gasteiger partial charge on any atom is 0.227 e. The fraction of sp³-hybridized carbons (Fsp3) is 0.400. The molecule has 0 radical (unpaired) electrons. The quantitative estimate of drug-likeness (QED) is 0.450. The van der Waals surface area contributed by atoms with E-state index in [0.29, 0.717) is 28.9 Å². The van der Waals surface area contributed by atoms with Crippen molar-refractivity contribution < 1.29 is 19.3 Å². The molecule has 1 aliphatic heterocycles. The summed E-state index contributed by atoms with van der Waals surface area (Å²) in [5.41, 5.74) is 2.39. The van der Waals surface area contributed by atoms with Gasteiger partial charge < -0.3 is 29.5 Å². The SMILES string of the molecule is COc1cc(Nc2nccc(-c3ccc(N4CCN(CCCO)CC4)nc3)n2)cc(OC)c1OC. The summed E-state index contributed by atoms with van der Waals surface area (Å²) >= 11 is 0. The number of hydrogen-bond donors (Lipinski definition) is 2. The third-order valence-electron chi connectivity index (χ3n) is 5.95. The molecule has 1 aliphatic rings. The summed E-state index contributed by atoms with van der Waals surface area (Å²) in [7, 11) is 4.72. The molecule has 3 aromatic rings. The Morgan fingerprint density at radius 2 is 1.69 bits per heavy atom. The number of pyridine rings is 1. The van der Waals surface area contributed by atoms with Crippen molar-refractivity contribution >= 4 is 17.5 Å². The standard InChI is InChI=1S/C25H32N6O4/c1-33-21-15-19(16-22(34-2)24(21)35-3)28-25-26-8-7-20(29-25)18-5-6-23(27-17-18)31-12-10-30(11-13-31)9-4-14-32/h5-8,15-17,32H,4,9-14H2,1-3H3,(H,26,28,29). The number of nitrogens with zero attached hydrogens (tertiary/aromatic N) is 5. The molecule has 0 spiro atoms. The van der Waals surface area contributed by atoms with E-state index in [4.69, 9.17) is 19.3 Å². The molecule has 1 saturated heterocycles. The van der Waals surface area contributed by atoms with Crippen LogP contribution < -0.4 is 24.4 Å². The predicted molar refractivity (Wildman–Crippen MR) is 135 cm³/mol. The molecule has 35 heavy (non-hydrogen) atoms. The Balaban J connectivity index is 1.45. The predicted octanol–water partition coefficient (Wildman–Crippen LogP) is 2.81. The van der Waals surface area contributed by atoms with Gasteiger partial charge in [-0.2, -0.15) is 0 Å². The first-order valence-electron chi connectivity index (χ1n) is 11.6. The van der Waals surface area contributed by atoms with Gasteiger partial charge in [-0.15, -0.1) is 0 Å².